The van der Waals surface area contributed by atoms with Gasteiger partial charge in [0.2, 0.25) is 0 Å². The van der Waals surface area contributed by atoms with Gasteiger partial charge in [-0.25, -0.2) is 0 Å². The van der Waals surface area contributed by atoms with Crippen molar-refractivity contribution in [1.82, 2.24) is 4.98 Å². The Bertz CT molecular complexity index is 564. The van der Waals surface area contributed by atoms with Gasteiger partial charge in [0.05, 0.1) is 23.2 Å². The number of pyridine rings is 1. The number of alkyl halides is 1. The summed E-state index contributed by atoms with van der Waals surface area (Å²) in [6, 6.07) is 10.1. The topological polar surface area (TPSA) is 22.1 Å². The van der Waals surface area contributed by atoms with Crippen LogP contribution in [-0.2, 0) is 5.88 Å². The third kappa shape index (κ3) is 2.84. The monoisotopic (exact) mass is 275 g/mol. The number of hydrogen-bond acceptors (Lipinski definition) is 2. The first kappa shape index (κ1) is 12.7. The molecule has 0 bridgehead atoms. The fourth-order valence-corrected chi connectivity index (χ4v) is 2.86. The lowest BCUT2D eigenvalue weighted by Gasteiger charge is -2.24. The summed E-state index contributed by atoms with van der Waals surface area (Å²) in [7, 11) is 0. The van der Waals surface area contributed by atoms with Crippen molar-refractivity contribution in [2.45, 2.75) is 44.1 Å². The number of fused-ring (bicyclic) bond motifs is 1. The van der Waals surface area contributed by atoms with Crippen molar-refractivity contribution in [3.05, 3.63) is 36.0 Å². The lowest BCUT2D eigenvalue weighted by Crippen LogP contribution is -2.19. The van der Waals surface area contributed by atoms with Crippen LogP contribution in [0.25, 0.3) is 10.9 Å². The van der Waals surface area contributed by atoms with E-state index in [0.29, 0.717) is 12.0 Å². The molecule has 0 unspecified atom stereocenters. The highest BCUT2D eigenvalue weighted by Gasteiger charge is 2.16. The molecule has 0 N–H and O–H groups in total. The second-order valence-corrected chi connectivity index (χ2v) is 5.41. The minimum Gasteiger partial charge on any atom is -0.490 e. The molecule has 0 aliphatic heterocycles. The molecule has 3 rings (SSSR count). The number of nitrogens with zero attached hydrogens (tertiary/aromatic N) is 1. The Balaban J connectivity index is 1.95. The fraction of sp³-hybridized carbons (Fsp3) is 0.438. The minimum atomic E-state index is 0.350. The molecule has 1 fully saturated rings. The summed E-state index contributed by atoms with van der Waals surface area (Å²) < 4.78 is 6.21. The normalized spacial score (nSPS) is 16.7. The highest BCUT2D eigenvalue weighted by molar-refractivity contribution is 6.17. The fourth-order valence-electron chi connectivity index (χ4n) is 2.72. The molecule has 1 aliphatic rings. The van der Waals surface area contributed by atoms with Gasteiger partial charge in [0.15, 0.2) is 0 Å². The Morgan fingerprint density at radius 3 is 2.74 bits per heavy atom. The molecule has 2 nitrogen and oxygen atoms in total. The summed E-state index contributed by atoms with van der Waals surface area (Å²) in [6.45, 7) is 0. The standard InChI is InChI=1S/C16H18ClNO/c17-11-12-10-16(19-13-6-2-1-3-7-13)14-8-4-5-9-15(14)18-12/h4-5,8-10,13H,1-3,6-7,11H2. The van der Waals surface area contributed by atoms with Crippen molar-refractivity contribution in [1.29, 1.82) is 0 Å². The Labute approximate surface area is 118 Å². The molecule has 0 spiro atoms. The Kier molecular flexibility index (Phi) is 3.88. The Morgan fingerprint density at radius 1 is 1.16 bits per heavy atom. The number of rotatable bonds is 3. The van der Waals surface area contributed by atoms with E-state index in [2.05, 4.69) is 11.1 Å². The maximum Gasteiger partial charge on any atom is 0.130 e. The van der Waals surface area contributed by atoms with Crippen molar-refractivity contribution in [2.24, 2.45) is 0 Å². The van der Waals surface area contributed by atoms with Crippen LogP contribution in [0.2, 0.25) is 0 Å². The molecule has 3 heteroatoms. The SMILES string of the molecule is ClCc1cc(OC2CCCCC2)c2ccccc2n1. The van der Waals surface area contributed by atoms with Crippen LogP contribution in [0.15, 0.2) is 30.3 Å². The van der Waals surface area contributed by atoms with E-state index in [9.17, 15) is 0 Å². The van der Waals surface area contributed by atoms with Crippen LogP contribution in [0.5, 0.6) is 5.75 Å². The zero-order valence-corrected chi connectivity index (χ0v) is 11.7. The van der Waals surface area contributed by atoms with Gasteiger partial charge in [-0.15, -0.1) is 11.6 Å². The van der Waals surface area contributed by atoms with Crippen molar-refractivity contribution in [3.8, 4) is 5.75 Å². The molecule has 19 heavy (non-hydrogen) atoms. The number of para-hydroxylation sites is 1. The van der Waals surface area contributed by atoms with Gasteiger partial charge in [-0.05, 0) is 37.8 Å². The maximum absolute atomic E-state index is 6.21. The van der Waals surface area contributed by atoms with Gasteiger partial charge in [0.25, 0.3) is 0 Å². The highest BCUT2D eigenvalue weighted by atomic mass is 35.5. The van der Waals surface area contributed by atoms with Crippen molar-refractivity contribution < 1.29 is 4.74 Å². The molecule has 1 aliphatic carbocycles. The molecule has 1 aromatic carbocycles. The van der Waals surface area contributed by atoms with Crippen LogP contribution in [0, 0.1) is 0 Å². The third-order valence-electron chi connectivity index (χ3n) is 3.71. The van der Waals surface area contributed by atoms with Crippen LogP contribution in [0.1, 0.15) is 37.8 Å². The van der Waals surface area contributed by atoms with Crippen LogP contribution < -0.4 is 4.74 Å². The highest BCUT2D eigenvalue weighted by Crippen LogP contribution is 2.30. The summed E-state index contributed by atoms with van der Waals surface area (Å²) in [4.78, 5) is 4.54. The Hall–Kier alpha value is -1.28. The van der Waals surface area contributed by atoms with Crippen LogP contribution in [0.4, 0.5) is 0 Å². The van der Waals surface area contributed by atoms with E-state index in [1.54, 1.807) is 0 Å². The predicted octanol–water partition coefficient (Wildman–Crippen LogP) is 4.69. The number of halogens is 1. The van der Waals surface area contributed by atoms with E-state index in [1.807, 2.05) is 24.3 Å². The first-order valence-corrected chi connectivity index (χ1v) is 7.51. The molecule has 0 radical (unpaired) electrons. The van der Waals surface area contributed by atoms with E-state index in [1.165, 1.54) is 19.3 Å². The van der Waals surface area contributed by atoms with Crippen molar-refractivity contribution in [3.63, 3.8) is 0 Å². The zero-order chi connectivity index (χ0) is 13.1. The summed E-state index contributed by atoms with van der Waals surface area (Å²) >= 11 is 5.92. The second kappa shape index (κ2) is 5.79. The van der Waals surface area contributed by atoms with Gasteiger partial charge < -0.3 is 4.74 Å². The molecular formula is C16H18ClNO. The van der Waals surface area contributed by atoms with Gasteiger partial charge in [-0.2, -0.15) is 0 Å². The summed E-state index contributed by atoms with van der Waals surface area (Å²) in [5.41, 5.74) is 1.85. The molecule has 0 atom stereocenters. The van der Waals surface area contributed by atoms with Crippen molar-refractivity contribution in [2.75, 3.05) is 0 Å². The van der Waals surface area contributed by atoms with E-state index in [-0.39, 0.29) is 0 Å². The predicted molar refractivity (Wildman–Crippen MR) is 78.8 cm³/mol. The smallest absolute Gasteiger partial charge is 0.130 e. The molecule has 1 saturated carbocycles. The summed E-state index contributed by atoms with van der Waals surface area (Å²) in [5, 5.41) is 1.09. The molecule has 2 aromatic rings. The average Bonchev–Trinajstić information content (AvgIpc) is 2.48. The quantitative estimate of drug-likeness (QED) is 0.759. The van der Waals surface area contributed by atoms with Gasteiger partial charge in [-0.3, -0.25) is 4.98 Å². The summed E-state index contributed by atoms with van der Waals surface area (Å²) in [5.74, 6) is 1.36. The third-order valence-corrected chi connectivity index (χ3v) is 3.99. The maximum atomic E-state index is 6.21. The van der Waals surface area contributed by atoms with E-state index in [4.69, 9.17) is 16.3 Å². The van der Waals surface area contributed by atoms with E-state index < -0.39 is 0 Å². The first-order chi connectivity index (χ1) is 9.36. The van der Waals surface area contributed by atoms with Crippen LogP contribution >= 0.6 is 11.6 Å². The molecule has 0 amide bonds. The van der Waals surface area contributed by atoms with Gasteiger partial charge in [0, 0.05) is 11.5 Å². The Morgan fingerprint density at radius 2 is 1.95 bits per heavy atom. The van der Waals surface area contributed by atoms with Crippen molar-refractivity contribution >= 4 is 22.5 Å². The average molecular weight is 276 g/mol. The number of hydrogen-bond donors (Lipinski definition) is 0. The lowest BCUT2D eigenvalue weighted by atomic mass is 9.98. The largest absolute Gasteiger partial charge is 0.490 e. The molecular weight excluding hydrogens is 258 g/mol. The molecule has 0 saturated heterocycles. The van der Waals surface area contributed by atoms with Crippen LogP contribution in [0.3, 0.4) is 0 Å². The van der Waals surface area contributed by atoms with Crippen LogP contribution in [-0.4, -0.2) is 11.1 Å². The number of benzene rings is 1. The van der Waals surface area contributed by atoms with Gasteiger partial charge in [-0.1, -0.05) is 18.6 Å². The molecule has 1 heterocycles. The summed E-state index contributed by atoms with van der Waals surface area (Å²) in [6.07, 6.45) is 6.55. The molecule has 100 valence electrons. The van der Waals surface area contributed by atoms with Gasteiger partial charge in [0.1, 0.15) is 5.75 Å². The number of ether oxygens (including phenoxy) is 1. The van der Waals surface area contributed by atoms with E-state index in [0.717, 1.165) is 35.2 Å². The first-order valence-electron chi connectivity index (χ1n) is 6.98. The second-order valence-electron chi connectivity index (χ2n) is 5.14. The lowest BCUT2D eigenvalue weighted by molar-refractivity contribution is 0.157. The zero-order valence-electron chi connectivity index (χ0n) is 10.9. The minimum absolute atomic E-state index is 0.350. The van der Waals surface area contributed by atoms with E-state index >= 15 is 0 Å². The molecule has 1 aromatic heterocycles. The van der Waals surface area contributed by atoms with Gasteiger partial charge >= 0.3 is 0 Å². The number of aromatic nitrogens is 1.